The number of ketones is 2. The highest BCUT2D eigenvalue weighted by atomic mass is 32.1. The third-order valence-corrected chi connectivity index (χ3v) is 5.52. The lowest BCUT2D eigenvalue weighted by molar-refractivity contribution is -0.123. The summed E-state index contributed by atoms with van der Waals surface area (Å²) in [4.78, 5) is 28.6. The van der Waals surface area contributed by atoms with Crippen LogP contribution in [0, 0.1) is 18.8 Å². The zero-order chi connectivity index (χ0) is 19.1. The monoisotopic (exact) mass is 375 g/mol. The number of aryl methyl sites for hydroxylation is 4. The van der Waals surface area contributed by atoms with Crippen molar-refractivity contribution < 1.29 is 9.59 Å². The first-order valence-corrected chi connectivity index (χ1v) is 10.2. The summed E-state index contributed by atoms with van der Waals surface area (Å²) in [7, 11) is 0. The summed E-state index contributed by atoms with van der Waals surface area (Å²) in [5.74, 6) is 0.632. The van der Waals surface area contributed by atoms with Gasteiger partial charge in [-0.15, -0.1) is 11.3 Å². The van der Waals surface area contributed by atoms with E-state index < -0.39 is 0 Å². The number of carbonyl (C=O) groups excluding carboxylic acids is 2. The van der Waals surface area contributed by atoms with E-state index in [1.807, 2.05) is 43.8 Å². The van der Waals surface area contributed by atoms with Crippen LogP contribution in [0.2, 0.25) is 0 Å². The Morgan fingerprint density at radius 1 is 1.15 bits per heavy atom. The molecule has 0 bridgehead atoms. The second kappa shape index (κ2) is 9.76. The van der Waals surface area contributed by atoms with Crippen molar-refractivity contribution in [3.05, 3.63) is 34.0 Å². The van der Waals surface area contributed by atoms with Crippen LogP contribution in [0.3, 0.4) is 0 Å². The number of thiazole rings is 1. The molecule has 1 atom stereocenters. The van der Waals surface area contributed by atoms with Gasteiger partial charge in [0.25, 0.3) is 0 Å². The maximum absolute atomic E-state index is 12.4. The van der Waals surface area contributed by atoms with Gasteiger partial charge in [-0.05, 0) is 32.3 Å². The second-order valence-electron chi connectivity index (χ2n) is 7.18. The summed E-state index contributed by atoms with van der Waals surface area (Å²) in [6.45, 7) is 8.54. The van der Waals surface area contributed by atoms with Crippen LogP contribution in [0.1, 0.15) is 56.4 Å². The van der Waals surface area contributed by atoms with Crippen LogP contribution in [0.15, 0.2) is 17.6 Å². The zero-order valence-electron chi connectivity index (χ0n) is 16.2. The Hall–Kier alpha value is -1.82. The lowest BCUT2D eigenvalue weighted by atomic mass is 9.98. The topological polar surface area (TPSA) is 64.8 Å². The van der Waals surface area contributed by atoms with E-state index in [0.717, 1.165) is 29.2 Å². The summed E-state index contributed by atoms with van der Waals surface area (Å²) in [5, 5.41) is 7.43. The van der Waals surface area contributed by atoms with Crippen molar-refractivity contribution in [3.8, 4) is 0 Å². The molecule has 0 aliphatic carbocycles. The Labute approximate surface area is 159 Å². The summed E-state index contributed by atoms with van der Waals surface area (Å²) in [6, 6.07) is 1.96. The van der Waals surface area contributed by atoms with Crippen molar-refractivity contribution in [2.75, 3.05) is 0 Å². The molecular formula is C20H29N3O2S. The number of hydrogen-bond donors (Lipinski definition) is 0. The van der Waals surface area contributed by atoms with Gasteiger partial charge >= 0.3 is 0 Å². The molecule has 0 amide bonds. The van der Waals surface area contributed by atoms with E-state index in [9.17, 15) is 9.59 Å². The molecule has 0 aliphatic heterocycles. The van der Waals surface area contributed by atoms with Gasteiger partial charge in [-0.25, -0.2) is 4.98 Å². The van der Waals surface area contributed by atoms with E-state index in [-0.39, 0.29) is 23.4 Å². The highest BCUT2D eigenvalue weighted by molar-refractivity contribution is 7.09. The molecule has 0 saturated carbocycles. The first-order chi connectivity index (χ1) is 12.4. The van der Waals surface area contributed by atoms with Gasteiger partial charge in [-0.1, -0.05) is 20.8 Å². The molecule has 0 radical (unpaired) electrons. The van der Waals surface area contributed by atoms with Crippen LogP contribution in [-0.4, -0.2) is 26.3 Å². The van der Waals surface area contributed by atoms with Crippen LogP contribution >= 0.6 is 11.3 Å². The summed E-state index contributed by atoms with van der Waals surface area (Å²) >= 11 is 1.62. The van der Waals surface area contributed by atoms with Crippen LogP contribution < -0.4 is 0 Å². The number of hydrogen-bond acceptors (Lipinski definition) is 5. The van der Waals surface area contributed by atoms with Crippen molar-refractivity contribution in [2.24, 2.45) is 11.8 Å². The average molecular weight is 376 g/mol. The van der Waals surface area contributed by atoms with E-state index in [2.05, 4.69) is 10.1 Å². The lowest BCUT2D eigenvalue weighted by Gasteiger charge is -2.12. The second-order valence-corrected chi connectivity index (χ2v) is 8.24. The highest BCUT2D eigenvalue weighted by Gasteiger charge is 2.15. The van der Waals surface area contributed by atoms with Crippen molar-refractivity contribution in [1.82, 2.24) is 14.8 Å². The zero-order valence-corrected chi connectivity index (χ0v) is 17.0. The highest BCUT2D eigenvalue weighted by Crippen LogP contribution is 2.15. The Morgan fingerprint density at radius 3 is 2.54 bits per heavy atom. The molecule has 2 aromatic rings. The van der Waals surface area contributed by atoms with E-state index in [1.165, 1.54) is 0 Å². The third-order valence-electron chi connectivity index (χ3n) is 4.69. The first-order valence-electron chi connectivity index (χ1n) is 9.34. The summed E-state index contributed by atoms with van der Waals surface area (Å²) in [6.07, 6.45) is 5.05. The van der Waals surface area contributed by atoms with Crippen LogP contribution in [0.4, 0.5) is 0 Å². The minimum Gasteiger partial charge on any atom is -0.299 e. The smallest absolute Gasteiger partial charge is 0.136 e. The van der Waals surface area contributed by atoms with Gasteiger partial charge in [0, 0.05) is 48.5 Å². The molecular weight excluding hydrogens is 346 g/mol. The lowest BCUT2D eigenvalue weighted by Crippen LogP contribution is -2.16. The molecule has 142 valence electrons. The van der Waals surface area contributed by atoms with Gasteiger partial charge in [-0.2, -0.15) is 5.10 Å². The maximum atomic E-state index is 12.4. The fourth-order valence-corrected chi connectivity index (χ4v) is 3.46. The van der Waals surface area contributed by atoms with E-state index >= 15 is 0 Å². The number of aromatic nitrogens is 3. The number of nitrogens with zero attached hydrogens (tertiary/aromatic N) is 3. The Kier molecular flexibility index (Phi) is 7.69. The normalized spacial score (nSPS) is 12.5. The Morgan fingerprint density at radius 2 is 1.88 bits per heavy atom. The molecule has 0 N–H and O–H groups in total. The SMILES string of the molecule is Cc1nc(CCC(=O)C(C)CCn2nccc2CCC(=O)C(C)C)cs1. The maximum Gasteiger partial charge on any atom is 0.136 e. The molecule has 1 unspecified atom stereocenters. The van der Waals surface area contributed by atoms with Gasteiger partial charge in [-0.3, -0.25) is 14.3 Å². The number of rotatable bonds is 11. The van der Waals surface area contributed by atoms with Gasteiger partial charge in [0.15, 0.2) is 0 Å². The molecule has 0 spiro atoms. The van der Waals surface area contributed by atoms with E-state index in [0.29, 0.717) is 25.8 Å². The third kappa shape index (κ3) is 6.16. The molecule has 2 aromatic heterocycles. The number of carbonyl (C=O) groups is 2. The van der Waals surface area contributed by atoms with Gasteiger partial charge < -0.3 is 0 Å². The molecule has 5 nitrogen and oxygen atoms in total. The predicted octanol–water partition coefficient (Wildman–Crippen LogP) is 4.03. The fraction of sp³-hybridized carbons (Fsp3) is 0.600. The van der Waals surface area contributed by atoms with Crippen molar-refractivity contribution >= 4 is 22.9 Å². The molecule has 2 rings (SSSR count). The average Bonchev–Trinajstić information content (AvgIpc) is 3.23. The van der Waals surface area contributed by atoms with Crippen molar-refractivity contribution in [3.63, 3.8) is 0 Å². The largest absolute Gasteiger partial charge is 0.299 e. The molecule has 0 aliphatic rings. The van der Waals surface area contributed by atoms with Crippen molar-refractivity contribution in [2.45, 2.75) is 66.3 Å². The molecule has 0 fully saturated rings. The standard InChI is InChI=1S/C20H29N3O2S/c1-14(2)19(24)8-6-18-9-11-21-23(18)12-10-15(3)20(25)7-5-17-13-26-16(4)22-17/h9,11,13-15H,5-8,10,12H2,1-4H3. The van der Waals surface area contributed by atoms with Crippen LogP contribution in [-0.2, 0) is 29.0 Å². The van der Waals surface area contributed by atoms with Crippen molar-refractivity contribution in [1.29, 1.82) is 0 Å². The fourth-order valence-electron chi connectivity index (χ4n) is 2.81. The summed E-state index contributed by atoms with van der Waals surface area (Å²) < 4.78 is 1.93. The molecule has 6 heteroatoms. The molecule has 2 heterocycles. The Balaban J connectivity index is 1.78. The van der Waals surface area contributed by atoms with Crippen LogP contribution in [0.5, 0.6) is 0 Å². The molecule has 0 saturated heterocycles. The van der Waals surface area contributed by atoms with Gasteiger partial charge in [0.2, 0.25) is 0 Å². The van der Waals surface area contributed by atoms with Gasteiger partial charge in [0.05, 0.1) is 10.7 Å². The minimum absolute atomic E-state index is 0.00378. The number of Topliss-reactive ketones (excluding diaryl/α,β-unsaturated/α-hetero) is 2. The quantitative estimate of drug-likeness (QED) is 0.595. The van der Waals surface area contributed by atoms with E-state index in [4.69, 9.17) is 0 Å². The molecule has 26 heavy (non-hydrogen) atoms. The van der Waals surface area contributed by atoms with E-state index in [1.54, 1.807) is 17.5 Å². The Bertz CT molecular complexity index is 733. The van der Waals surface area contributed by atoms with Crippen LogP contribution in [0.25, 0.3) is 0 Å². The minimum atomic E-state index is 0.00378. The predicted molar refractivity (Wildman–Crippen MR) is 104 cm³/mol. The summed E-state index contributed by atoms with van der Waals surface area (Å²) in [5.41, 5.74) is 2.08. The molecule has 0 aromatic carbocycles. The first kappa shape index (κ1) is 20.5. The van der Waals surface area contributed by atoms with Gasteiger partial charge in [0.1, 0.15) is 11.6 Å².